The maximum atomic E-state index is 5.70. The molecule has 0 aliphatic carbocycles. The standard InChI is InChI=1S/C14H19N5O/c15-17-14(11-5-4-8-20-10-11)13-9-16-19(18-13)12-6-2-1-3-7-12/h1-3,6-7,9,11,14,17H,4-5,8,10,15H2. The summed E-state index contributed by atoms with van der Waals surface area (Å²) >= 11 is 0. The van der Waals surface area contributed by atoms with Gasteiger partial charge in [-0.3, -0.25) is 11.3 Å². The molecule has 0 saturated carbocycles. The number of nitrogens with one attached hydrogen (secondary N) is 1. The van der Waals surface area contributed by atoms with Gasteiger partial charge < -0.3 is 4.74 Å². The van der Waals surface area contributed by atoms with Crippen LogP contribution in [0.2, 0.25) is 0 Å². The predicted molar refractivity (Wildman–Crippen MR) is 75.0 cm³/mol. The second-order valence-corrected chi connectivity index (χ2v) is 5.02. The van der Waals surface area contributed by atoms with E-state index in [0.29, 0.717) is 12.5 Å². The molecule has 6 nitrogen and oxygen atoms in total. The molecule has 0 spiro atoms. The number of aromatic nitrogens is 3. The number of rotatable bonds is 4. The van der Waals surface area contributed by atoms with Gasteiger partial charge in [0.25, 0.3) is 0 Å². The summed E-state index contributed by atoms with van der Waals surface area (Å²) in [6.45, 7) is 1.55. The average molecular weight is 273 g/mol. The number of ether oxygens (including phenoxy) is 1. The minimum absolute atomic E-state index is 0.0206. The molecule has 2 atom stereocenters. The molecule has 3 N–H and O–H groups in total. The SMILES string of the molecule is NNC(c1cnn(-c2ccccc2)n1)C1CCCOC1. The molecule has 2 unspecified atom stereocenters. The highest BCUT2D eigenvalue weighted by Gasteiger charge is 2.27. The quantitative estimate of drug-likeness (QED) is 0.646. The lowest BCUT2D eigenvalue weighted by molar-refractivity contribution is 0.0383. The van der Waals surface area contributed by atoms with Crippen LogP contribution in [0.5, 0.6) is 0 Å². The second-order valence-electron chi connectivity index (χ2n) is 5.02. The Labute approximate surface area is 117 Å². The van der Waals surface area contributed by atoms with Gasteiger partial charge in [0.1, 0.15) is 5.69 Å². The van der Waals surface area contributed by atoms with Crippen molar-refractivity contribution in [2.45, 2.75) is 18.9 Å². The minimum atomic E-state index is -0.0206. The van der Waals surface area contributed by atoms with Crippen LogP contribution in [0.3, 0.4) is 0 Å². The number of hydrogen-bond acceptors (Lipinski definition) is 5. The maximum absolute atomic E-state index is 5.70. The first-order chi connectivity index (χ1) is 9.88. The van der Waals surface area contributed by atoms with Gasteiger partial charge in [-0.05, 0) is 25.0 Å². The summed E-state index contributed by atoms with van der Waals surface area (Å²) in [7, 11) is 0. The largest absolute Gasteiger partial charge is 0.381 e. The molecule has 2 heterocycles. The van der Waals surface area contributed by atoms with E-state index in [0.717, 1.165) is 30.8 Å². The van der Waals surface area contributed by atoms with E-state index in [2.05, 4.69) is 15.6 Å². The van der Waals surface area contributed by atoms with Crippen molar-refractivity contribution in [1.29, 1.82) is 0 Å². The third-order valence-electron chi connectivity index (χ3n) is 3.66. The Balaban J connectivity index is 1.80. The monoisotopic (exact) mass is 273 g/mol. The summed E-state index contributed by atoms with van der Waals surface area (Å²) < 4.78 is 5.53. The summed E-state index contributed by atoms with van der Waals surface area (Å²) in [5.41, 5.74) is 4.65. The molecule has 3 rings (SSSR count). The van der Waals surface area contributed by atoms with Gasteiger partial charge in [0.15, 0.2) is 0 Å². The zero-order chi connectivity index (χ0) is 13.8. The molecular weight excluding hydrogens is 254 g/mol. The number of nitrogens with two attached hydrogens (primary N) is 1. The van der Waals surface area contributed by atoms with Crippen molar-refractivity contribution in [2.75, 3.05) is 13.2 Å². The van der Waals surface area contributed by atoms with E-state index in [-0.39, 0.29) is 6.04 Å². The van der Waals surface area contributed by atoms with Crippen molar-refractivity contribution < 1.29 is 4.74 Å². The summed E-state index contributed by atoms with van der Waals surface area (Å²) in [5.74, 6) is 6.04. The molecule has 2 aromatic rings. The highest BCUT2D eigenvalue weighted by atomic mass is 16.5. The lowest BCUT2D eigenvalue weighted by Gasteiger charge is -2.28. The highest BCUT2D eigenvalue weighted by molar-refractivity contribution is 5.28. The number of benzene rings is 1. The Morgan fingerprint density at radius 2 is 2.20 bits per heavy atom. The second kappa shape index (κ2) is 6.13. The van der Waals surface area contributed by atoms with E-state index in [4.69, 9.17) is 10.6 Å². The lowest BCUT2D eigenvalue weighted by Crippen LogP contribution is -2.37. The first kappa shape index (κ1) is 13.2. The molecule has 1 aliphatic rings. The van der Waals surface area contributed by atoms with E-state index in [9.17, 15) is 0 Å². The zero-order valence-electron chi connectivity index (χ0n) is 11.3. The number of hydrogen-bond donors (Lipinski definition) is 2. The summed E-state index contributed by atoms with van der Waals surface area (Å²) in [6, 6.07) is 9.82. The Bertz CT molecular complexity index is 536. The molecule has 1 aliphatic heterocycles. The van der Waals surface area contributed by atoms with E-state index >= 15 is 0 Å². The third-order valence-corrected chi connectivity index (χ3v) is 3.66. The molecule has 1 aromatic carbocycles. The number of hydrazine groups is 1. The van der Waals surface area contributed by atoms with Gasteiger partial charge in [-0.2, -0.15) is 15.0 Å². The molecular formula is C14H19N5O. The molecule has 0 amide bonds. The van der Waals surface area contributed by atoms with E-state index < -0.39 is 0 Å². The van der Waals surface area contributed by atoms with Crippen LogP contribution in [0.15, 0.2) is 36.5 Å². The summed E-state index contributed by atoms with van der Waals surface area (Å²) in [5, 5.41) is 8.85. The fourth-order valence-corrected chi connectivity index (χ4v) is 2.59. The normalized spacial score (nSPS) is 20.8. The van der Waals surface area contributed by atoms with Crippen LogP contribution in [0.4, 0.5) is 0 Å². The lowest BCUT2D eigenvalue weighted by atomic mass is 9.92. The van der Waals surface area contributed by atoms with E-state index in [1.54, 1.807) is 11.0 Å². The van der Waals surface area contributed by atoms with Crippen LogP contribution in [-0.4, -0.2) is 28.2 Å². The van der Waals surface area contributed by atoms with Gasteiger partial charge in [-0.15, -0.1) is 0 Å². The Kier molecular flexibility index (Phi) is 4.05. The fraction of sp³-hybridized carbons (Fsp3) is 0.429. The number of para-hydroxylation sites is 1. The summed E-state index contributed by atoms with van der Waals surface area (Å²) in [6.07, 6.45) is 3.93. The fourth-order valence-electron chi connectivity index (χ4n) is 2.59. The average Bonchev–Trinajstić information content (AvgIpc) is 3.00. The molecule has 1 aromatic heterocycles. The summed E-state index contributed by atoms with van der Waals surface area (Å²) in [4.78, 5) is 1.63. The minimum Gasteiger partial charge on any atom is -0.381 e. The topological polar surface area (TPSA) is 78.0 Å². The predicted octanol–water partition coefficient (Wildman–Crippen LogP) is 1.20. The van der Waals surface area contributed by atoms with Gasteiger partial charge >= 0.3 is 0 Å². The van der Waals surface area contributed by atoms with Crippen molar-refractivity contribution in [1.82, 2.24) is 20.4 Å². The first-order valence-electron chi connectivity index (χ1n) is 6.90. The van der Waals surface area contributed by atoms with Crippen molar-refractivity contribution in [3.8, 4) is 5.69 Å². The van der Waals surface area contributed by atoms with Crippen LogP contribution < -0.4 is 11.3 Å². The molecule has 20 heavy (non-hydrogen) atoms. The van der Waals surface area contributed by atoms with Crippen LogP contribution >= 0.6 is 0 Å². The van der Waals surface area contributed by atoms with Gasteiger partial charge in [0.2, 0.25) is 0 Å². The van der Waals surface area contributed by atoms with Crippen molar-refractivity contribution in [2.24, 2.45) is 11.8 Å². The van der Waals surface area contributed by atoms with Crippen LogP contribution in [0, 0.1) is 5.92 Å². The van der Waals surface area contributed by atoms with Gasteiger partial charge in [-0.1, -0.05) is 18.2 Å². The van der Waals surface area contributed by atoms with Crippen LogP contribution in [0.25, 0.3) is 5.69 Å². The third kappa shape index (κ3) is 2.72. The van der Waals surface area contributed by atoms with Gasteiger partial charge in [-0.25, -0.2) is 0 Å². The van der Waals surface area contributed by atoms with Crippen molar-refractivity contribution in [3.05, 3.63) is 42.2 Å². The van der Waals surface area contributed by atoms with E-state index in [1.165, 1.54) is 0 Å². The number of nitrogens with zero attached hydrogens (tertiary/aromatic N) is 3. The highest BCUT2D eigenvalue weighted by Crippen LogP contribution is 2.27. The zero-order valence-corrected chi connectivity index (χ0v) is 11.3. The Morgan fingerprint density at radius 3 is 2.90 bits per heavy atom. The molecule has 106 valence electrons. The first-order valence-corrected chi connectivity index (χ1v) is 6.90. The van der Waals surface area contributed by atoms with Gasteiger partial charge in [0, 0.05) is 12.5 Å². The van der Waals surface area contributed by atoms with Crippen molar-refractivity contribution >= 4 is 0 Å². The molecule has 0 bridgehead atoms. The van der Waals surface area contributed by atoms with Crippen LogP contribution in [-0.2, 0) is 4.74 Å². The van der Waals surface area contributed by atoms with Gasteiger partial charge in [0.05, 0.1) is 24.5 Å². The molecule has 0 radical (unpaired) electrons. The molecule has 1 fully saturated rings. The Morgan fingerprint density at radius 1 is 1.35 bits per heavy atom. The maximum Gasteiger partial charge on any atom is 0.102 e. The van der Waals surface area contributed by atoms with Crippen molar-refractivity contribution in [3.63, 3.8) is 0 Å². The molecule has 1 saturated heterocycles. The Hall–Kier alpha value is -1.76. The molecule has 6 heteroatoms. The smallest absolute Gasteiger partial charge is 0.102 e. The van der Waals surface area contributed by atoms with E-state index in [1.807, 2.05) is 30.3 Å². The van der Waals surface area contributed by atoms with Crippen LogP contribution in [0.1, 0.15) is 24.6 Å².